The molecular weight excluding hydrogens is 300 g/mol. The van der Waals surface area contributed by atoms with E-state index in [1.54, 1.807) is 0 Å². The van der Waals surface area contributed by atoms with Crippen LogP contribution in [-0.2, 0) is 6.54 Å². The number of hydrogen-bond acceptors (Lipinski definition) is 2. The van der Waals surface area contributed by atoms with Crippen molar-refractivity contribution in [1.82, 2.24) is 15.1 Å². The number of benzene rings is 1. The summed E-state index contributed by atoms with van der Waals surface area (Å²) >= 11 is 5.99. The summed E-state index contributed by atoms with van der Waals surface area (Å²) in [5.74, 6) is 0.550. The van der Waals surface area contributed by atoms with E-state index in [9.17, 15) is 4.79 Å². The molecule has 0 spiro atoms. The van der Waals surface area contributed by atoms with Crippen LogP contribution in [0.1, 0.15) is 31.0 Å². The zero-order valence-corrected chi connectivity index (χ0v) is 13.7. The fourth-order valence-electron chi connectivity index (χ4n) is 2.08. The van der Waals surface area contributed by atoms with Crippen molar-refractivity contribution in [2.45, 2.75) is 33.2 Å². The van der Waals surface area contributed by atoms with Crippen LogP contribution in [0.2, 0.25) is 5.02 Å². The fraction of sp³-hybridized carbons (Fsp3) is 0.375. The lowest BCUT2D eigenvalue weighted by atomic mass is 10.2. The molecule has 0 unspecified atom stereocenters. The zero-order chi connectivity index (χ0) is 15.9. The van der Waals surface area contributed by atoms with Gasteiger partial charge in [0.05, 0.1) is 6.54 Å². The molecular formula is C16H21ClN4O. The molecule has 0 saturated heterocycles. The number of carbonyl (C=O) groups is 1. The van der Waals surface area contributed by atoms with Gasteiger partial charge in [-0.05, 0) is 31.0 Å². The van der Waals surface area contributed by atoms with Gasteiger partial charge < -0.3 is 5.32 Å². The van der Waals surface area contributed by atoms with E-state index in [2.05, 4.69) is 22.7 Å². The van der Waals surface area contributed by atoms with Gasteiger partial charge in [0.15, 0.2) is 5.82 Å². The number of nitrogens with zero attached hydrogens (tertiary/aromatic N) is 2. The number of carbonyl (C=O) groups excluding carboxylic acids is 1. The van der Waals surface area contributed by atoms with E-state index in [1.165, 1.54) is 0 Å². The van der Waals surface area contributed by atoms with Gasteiger partial charge in [-0.2, -0.15) is 5.10 Å². The van der Waals surface area contributed by atoms with E-state index >= 15 is 0 Å². The molecule has 5 nitrogen and oxygen atoms in total. The molecule has 0 aliphatic heterocycles. The third-order valence-electron chi connectivity index (χ3n) is 3.26. The summed E-state index contributed by atoms with van der Waals surface area (Å²) in [6, 6.07) is 9.29. The standard InChI is InChI=1S/C16H21ClN4O/c1-3-4-8-18-16(22)19-15-9-12(2)21(20-15)11-13-6-5-7-14(17)10-13/h5-7,9-10H,3-4,8,11H2,1-2H3,(H2,18,19,20,22). The van der Waals surface area contributed by atoms with Gasteiger partial charge in [-0.25, -0.2) is 4.79 Å². The summed E-state index contributed by atoms with van der Waals surface area (Å²) in [5, 5.41) is 10.7. The number of urea groups is 1. The van der Waals surface area contributed by atoms with Gasteiger partial charge in [-0.15, -0.1) is 0 Å². The van der Waals surface area contributed by atoms with Crippen molar-refractivity contribution in [1.29, 1.82) is 0 Å². The van der Waals surface area contributed by atoms with E-state index in [4.69, 9.17) is 11.6 Å². The van der Waals surface area contributed by atoms with E-state index in [0.29, 0.717) is 23.9 Å². The number of hydrogen-bond donors (Lipinski definition) is 2. The van der Waals surface area contributed by atoms with Gasteiger partial charge in [0.2, 0.25) is 0 Å². The van der Waals surface area contributed by atoms with Crippen LogP contribution < -0.4 is 10.6 Å². The fourth-order valence-corrected chi connectivity index (χ4v) is 2.29. The Morgan fingerprint density at radius 2 is 2.18 bits per heavy atom. The molecule has 2 aromatic rings. The van der Waals surface area contributed by atoms with Crippen LogP contribution in [0.25, 0.3) is 0 Å². The highest BCUT2D eigenvalue weighted by Crippen LogP contribution is 2.14. The lowest BCUT2D eigenvalue weighted by Gasteiger charge is -2.05. The first-order chi connectivity index (χ1) is 10.6. The van der Waals surface area contributed by atoms with Crippen molar-refractivity contribution in [2.75, 3.05) is 11.9 Å². The van der Waals surface area contributed by atoms with Crippen LogP contribution in [-0.4, -0.2) is 22.4 Å². The van der Waals surface area contributed by atoms with E-state index < -0.39 is 0 Å². The van der Waals surface area contributed by atoms with Crippen LogP contribution in [0, 0.1) is 6.92 Å². The quantitative estimate of drug-likeness (QED) is 0.795. The first-order valence-corrected chi connectivity index (χ1v) is 7.80. The lowest BCUT2D eigenvalue weighted by Crippen LogP contribution is -2.29. The highest BCUT2D eigenvalue weighted by molar-refractivity contribution is 6.30. The summed E-state index contributed by atoms with van der Waals surface area (Å²) in [6.45, 7) is 5.33. The minimum Gasteiger partial charge on any atom is -0.338 e. The highest BCUT2D eigenvalue weighted by atomic mass is 35.5. The van der Waals surface area contributed by atoms with Crippen LogP contribution in [0.5, 0.6) is 0 Å². The summed E-state index contributed by atoms with van der Waals surface area (Å²) in [7, 11) is 0. The number of nitrogens with one attached hydrogen (secondary N) is 2. The Morgan fingerprint density at radius 3 is 2.91 bits per heavy atom. The molecule has 0 aliphatic rings. The van der Waals surface area contributed by atoms with Gasteiger partial charge in [0.25, 0.3) is 0 Å². The van der Waals surface area contributed by atoms with Gasteiger partial charge in [-0.3, -0.25) is 10.00 Å². The number of anilines is 1. The smallest absolute Gasteiger partial charge is 0.320 e. The first-order valence-electron chi connectivity index (χ1n) is 7.42. The normalized spacial score (nSPS) is 10.5. The molecule has 6 heteroatoms. The monoisotopic (exact) mass is 320 g/mol. The molecule has 0 aliphatic carbocycles. The molecule has 22 heavy (non-hydrogen) atoms. The second kappa shape index (κ2) is 7.84. The highest BCUT2D eigenvalue weighted by Gasteiger charge is 2.08. The zero-order valence-electron chi connectivity index (χ0n) is 12.9. The minimum absolute atomic E-state index is 0.221. The predicted molar refractivity (Wildman–Crippen MR) is 89.4 cm³/mol. The van der Waals surface area contributed by atoms with Crippen molar-refractivity contribution in [3.05, 3.63) is 46.6 Å². The number of rotatable bonds is 6. The van der Waals surface area contributed by atoms with Gasteiger partial charge >= 0.3 is 6.03 Å². The van der Waals surface area contributed by atoms with E-state index in [1.807, 2.05) is 41.9 Å². The largest absolute Gasteiger partial charge is 0.338 e. The third-order valence-corrected chi connectivity index (χ3v) is 3.50. The number of aryl methyl sites for hydroxylation is 1. The molecule has 0 saturated carbocycles. The Morgan fingerprint density at radius 1 is 1.36 bits per heavy atom. The second-order valence-corrected chi connectivity index (χ2v) is 5.63. The van der Waals surface area contributed by atoms with E-state index in [0.717, 1.165) is 24.1 Å². The van der Waals surface area contributed by atoms with Crippen LogP contribution in [0.3, 0.4) is 0 Å². The Balaban J connectivity index is 1.97. The van der Waals surface area contributed by atoms with Gasteiger partial charge in [0, 0.05) is 23.3 Å². The number of aromatic nitrogens is 2. The second-order valence-electron chi connectivity index (χ2n) is 5.19. The van der Waals surface area contributed by atoms with Crippen molar-refractivity contribution in [2.24, 2.45) is 0 Å². The molecule has 0 radical (unpaired) electrons. The van der Waals surface area contributed by atoms with Crippen molar-refractivity contribution >= 4 is 23.4 Å². The summed E-state index contributed by atoms with van der Waals surface area (Å²) in [6.07, 6.45) is 2.02. The molecule has 2 N–H and O–H groups in total. The van der Waals surface area contributed by atoms with Crippen molar-refractivity contribution in [3.63, 3.8) is 0 Å². The first kappa shape index (κ1) is 16.4. The maximum atomic E-state index is 11.7. The molecule has 1 aromatic heterocycles. The van der Waals surface area contributed by atoms with Crippen LogP contribution >= 0.6 is 11.6 Å². The lowest BCUT2D eigenvalue weighted by molar-refractivity contribution is 0.252. The molecule has 0 bridgehead atoms. The van der Waals surface area contributed by atoms with Gasteiger partial charge in [0.1, 0.15) is 0 Å². The number of unbranched alkanes of at least 4 members (excludes halogenated alkanes) is 1. The maximum Gasteiger partial charge on any atom is 0.320 e. The Bertz CT molecular complexity index is 639. The van der Waals surface area contributed by atoms with Crippen molar-refractivity contribution < 1.29 is 4.79 Å². The Kier molecular flexibility index (Phi) is 5.83. The average molecular weight is 321 g/mol. The van der Waals surface area contributed by atoms with Crippen LogP contribution in [0.4, 0.5) is 10.6 Å². The molecule has 2 rings (SSSR count). The van der Waals surface area contributed by atoms with Crippen LogP contribution in [0.15, 0.2) is 30.3 Å². The Hall–Kier alpha value is -2.01. The summed E-state index contributed by atoms with van der Waals surface area (Å²) in [4.78, 5) is 11.7. The molecule has 0 fully saturated rings. The molecule has 1 heterocycles. The molecule has 1 aromatic carbocycles. The van der Waals surface area contributed by atoms with E-state index in [-0.39, 0.29) is 6.03 Å². The third kappa shape index (κ3) is 4.77. The van der Waals surface area contributed by atoms with Crippen molar-refractivity contribution in [3.8, 4) is 0 Å². The summed E-state index contributed by atoms with van der Waals surface area (Å²) < 4.78 is 1.84. The summed E-state index contributed by atoms with van der Waals surface area (Å²) in [5.41, 5.74) is 2.04. The molecule has 2 amide bonds. The predicted octanol–water partition coefficient (Wildman–Crippen LogP) is 3.81. The average Bonchev–Trinajstić information content (AvgIpc) is 2.79. The topological polar surface area (TPSA) is 59.0 Å². The number of halogens is 1. The minimum atomic E-state index is -0.221. The Labute approximate surface area is 135 Å². The molecule has 0 atom stereocenters. The molecule has 118 valence electrons. The SMILES string of the molecule is CCCCNC(=O)Nc1cc(C)n(Cc2cccc(Cl)c2)n1. The number of amides is 2. The maximum absolute atomic E-state index is 11.7. The van der Waals surface area contributed by atoms with Gasteiger partial charge in [-0.1, -0.05) is 37.1 Å².